The molecule has 0 saturated heterocycles. The van der Waals surface area contributed by atoms with E-state index in [1.54, 1.807) is 7.11 Å². The molecule has 2 atom stereocenters. The van der Waals surface area contributed by atoms with Crippen LogP contribution in [0.2, 0.25) is 0 Å². The summed E-state index contributed by atoms with van der Waals surface area (Å²) in [5, 5.41) is 4.35. The molecule has 142 valence electrons. The number of aromatic amines is 1. The normalized spacial score (nSPS) is 13.3. The monoisotopic (exact) mass is 364 g/mol. The van der Waals surface area contributed by atoms with Crippen LogP contribution in [0.15, 0.2) is 54.7 Å². The fourth-order valence-electron chi connectivity index (χ4n) is 3.57. The van der Waals surface area contributed by atoms with E-state index in [2.05, 4.69) is 47.7 Å². The van der Waals surface area contributed by atoms with E-state index in [9.17, 15) is 4.79 Å². The first-order chi connectivity index (χ1) is 13.1. The summed E-state index contributed by atoms with van der Waals surface area (Å²) in [4.78, 5) is 15.8. The van der Waals surface area contributed by atoms with E-state index in [1.165, 1.54) is 10.9 Å². The Morgan fingerprint density at radius 3 is 2.59 bits per heavy atom. The van der Waals surface area contributed by atoms with Gasteiger partial charge in [-0.3, -0.25) is 4.79 Å². The van der Waals surface area contributed by atoms with Crippen molar-refractivity contribution < 1.29 is 9.53 Å². The lowest BCUT2D eigenvalue weighted by Gasteiger charge is -2.20. The van der Waals surface area contributed by atoms with Crippen molar-refractivity contribution in [1.82, 2.24) is 10.3 Å². The molecule has 27 heavy (non-hydrogen) atoms. The maximum atomic E-state index is 12.5. The summed E-state index contributed by atoms with van der Waals surface area (Å²) in [5.74, 6) is 1.06. The Bertz CT molecular complexity index is 883. The van der Waals surface area contributed by atoms with Gasteiger partial charge in [0.15, 0.2) is 0 Å². The first-order valence-corrected chi connectivity index (χ1v) is 9.61. The highest BCUT2D eigenvalue weighted by Gasteiger charge is 2.20. The van der Waals surface area contributed by atoms with Crippen molar-refractivity contribution in [2.75, 3.05) is 13.7 Å². The SMILES string of the molecule is CCCC(C)C(=O)NCC(c1ccc(OC)cc1)c1c[nH]c2ccccc12. The van der Waals surface area contributed by atoms with Crippen molar-refractivity contribution in [1.29, 1.82) is 0 Å². The quantitative estimate of drug-likeness (QED) is 0.600. The number of hydrogen-bond donors (Lipinski definition) is 2. The van der Waals surface area contributed by atoms with Gasteiger partial charge in [0.2, 0.25) is 5.91 Å². The number of nitrogens with one attached hydrogen (secondary N) is 2. The maximum Gasteiger partial charge on any atom is 0.222 e. The fourth-order valence-corrected chi connectivity index (χ4v) is 3.57. The minimum absolute atomic E-state index is 0.0366. The van der Waals surface area contributed by atoms with Gasteiger partial charge in [-0.05, 0) is 35.7 Å². The average molecular weight is 364 g/mol. The summed E-state index contributed by atoms with van der Waals surface area (Å²) >= 11 is 0. The molecule has 1 amide bonds. The highest BCUT2D eigenvalue weighted by atomic mass is 16.5. The van der Waals surface area contributed by atoms with Gasteiger partial charge in [0.1, 0.15) is 5.75 Å². The average Bonchev–Trinajstić information content (AvgIpc) is 3.12. The molecule has 2 aromatic carbocycles. The molecule has 2 unspecified atom stereocenters. The first kappa shape index (κ1) is 19.0. The third-order valence-corrected chi connectivity index (χ3v) is 5.16. The van der Waals surface area contributed by atoms with Crippen molar-refractivity contribution in [3.8, 4) is 5.75 Å². The number of methoxy groups -OCH3 is 1. The van der Waals surface area contributed by atoms with E-state index in [0.29, 0.717) is 6.54 Å². The number of carbonyl (C=O) groups is 1. The number of para-hydroxylation sites is 1. The Hall–Kier alpha value is -2.75. The molecule has 0 aliphatic carbocycles. The molecule has 3 aromatic rings. The van der Waals surface area contributed by atoms with E-state index in [0.717, 1.165) is 29.7 Å². The van der Waals surface area contributed by atoms with E-state index >= 15 is 0 Å². The zero-order chi connectivity index (χ0) is 19.2. The number of ether oxygens (including phenoxy) is 1. The fraction of sp³-hybridized carbons (Fsp3) is 0.348. The van der Waals surface area contributed by atoms with Crippen molar-refractivity contribution in [2.24, 2.45) is 5.92 Å². The van der Waals surface area contributed by atoms with Gasteiger partial charge < -0.3 is 15.0 Å². The first-order valence-electron chi connectivity index (χ1n) is 9.61. The van der Waals surface area contributed by atoms with E-state index in [4.69, 9.17) is 4.74 Å². The van der Waals surface area contributed by atoms with Gasteiger partial charge in [-0.15, -0.1) is 0 Å². The summed E-state index contributed by atoms with van der Waals surface area (Å²) in [6.45, 7) is 4.67. The van der Waals surface area contributed by atoms with Crippen LogP contribution in [-0.2, 0) is 4.79 Å². The molecule has 0 spiro atoms. The van der Waals surface area contributed by atoms with Crippen molar-refractivity contribution in [3.05, 3.63) is 65.9 Å². The smallest absolute Gasteiger partial charge is 0.222 e. The van der Waals surface area contributed by atoms with Gasteiger partial charge >= 0.3 is 0 Å². The Labute approximate surface area is 160 Å². The van der Waals surface area contributed by atoms with Gasteiger partial charge in [0.25, 0.3) is 0 Å². The Kier molecular flexibility index (Phi) is 6.17. The van der Waals surface area contributed by atoms with Crippen molar-refractivity contribution >= 4 is 16.8 Å². The number of H-pyrrole nitrogens is 1. The number of aromatic nitrogens is 1. The summed E-state index contributed by atoms with van der Waals surface area (Å²) in [7, 11) is 1.67. The van der Waals surface area contributed by atoms with Crippen molar-refractivity contribution in [2.45, 2.75) is 32.6 Å². The van der Waals surface area contributed by atoms with Crippen LogP contribution < -0.4 is 10.1 Å². The molecule has 2 N–H and O–H groups in total. The molecule has 1 heterocycles. The molecule has 3 rings (SSSR count). The predicted molar refractivity (Wildman–Crippen MR) is 110 cm³/mol. The summed E-state index contributed by atoms with van der Waals surface area (Å²) in [6.07, 6.45) is 3.98. The second-order valence-electron chi connectivity index (χ2n) is 7.05. The van der Waals surface area contributed by atoms with Crippen LogP contribution in [0.4, 0.5) is 0 Å². The Morgan fingerprint density at radius 1 is 1.15 bits per heavy atom. The van der Waals surface area contributed by atoms with Crippen LogP contribution in [0, 0.1) is 5.92 Å². The van der Waals surface area contributed by atoms with Crippen LogP contribution >= 0.6 is 0 Å². The molecule has 4 nitrogen and oxygen atoms in total. The lowest BCUT2D eigenvalue weighted by Crippen LogP contribution is -2.33. The number of benzene rings is 2. The number of fused-ring (bicyclic) bond motifs is 1. The zero-order valence-corrected chi connectivity index (χ0v) is 16.3. The van der Waals surface area contributed by atoms with Gasteiger partial charge in [0, 0.05) is 35.5 Å². The van der Waals surface area contributed by atoms with Crippen LogP contribution in [0.5, 0.6) is 5.75 Å². The molecule has 0 aliphatic heterocycles. The van der Waals surface area contributed by atoms with E-state index < -0.39 is 0 Å². The summed E-state index contributed by atoms with van der Waals surface area (Å²) < 4.78 is 5.29. The summed E-state index contributed by atoms with van der Waals surface area (Å²) in [5.41, 5.74) is 3.46. The molecule has 0 fully saturated rings. The van der Waals surface area contributed by atoms with E-state index in [-0.39, 0.29) is 17.7 Å². The zero-order valence-electron chi connectivity index (χ0n) is 16.3. The number of hydrogen-bond acceptors (Lipinski definition) is 2. The topological polar surface area (TPSA) is 54.1 Å². The van der Waals surface area contributed by atoms with Crippen LogP contribution in [0.1, 0.15) is 43.7 Å². The van der Waals surface area contributed by atoms with Gasteiger partial charge in [-0.25, -0.2) is 0 Å². The number of carbonyl (C=O) groups excluding carboxylic acids is 1. The lowest BCUT2D eigenvalue weighted by molar-refractivity contribution is -0.124. The Morgan fingerprint density at radius 2 is 1.89 bits per heavy atom. The van der Waals surface area contributed by atoms with Crippen LogP contribution in [0.25, 0.3) is 10.9 Å². The van der Waals surface area contributed by atoms with Crippen molar-refractivity contribution in [3.63, 3.8) is 0 Å². The molecular formula is C23H28N2O2. The number of rotatable bonds is 8. The summed E-state index contributed by atoms with van der Waals surface area (Å²) in [6, 6.07) is 16.4. The van der Waals surface area contributed by atoms with E-state index in [1.807, 2.05) is 31.2 Å². The highest BCUT2D eigenvalue weighted by molar-refractivity contribution is 5.84. The minimum Gasteiger partial charge on any atom is -0.497 e. The minimum atomic E-state index is 0.0366. The third kappa shape index (κ3) is 4.33. The van der Waals surface area contributed by atoms with Gasteiger partial charge in [-0.2, -0.15) is 0 Å². The van der Waals surface area contributed by atoms with Crippen LogP contribution in [0.3, 0.4) is 0 Å². The second kappa shape index (κ2) is 8.76. The molecule has 0 bridgehead atoms. The van der Waals surface area contributed by atoms with Gasteiger partial charge in [0.05, 0.1) is 7.11 Å². The lowest BCUT2D eigenvalue weighted by atomic mass is 9.90. The van der Waals surface area contributed by atoms with Gasteiger partial charge in [-0.1, -0.05) is 50.6 Å². The highest BCUT2D eigenvalue weighted by Crippen LogP contribution is 2.31. The molecule has 0 saturated carbocycles. The standard InChI is InChI=1S/C23H28N2O2/c1-4-7-16(2)23(26)25-14-20(17-10-12-18(27-3)13-11-17)21-15-24-22-9-6-5-8-19(21)22/h5-6,8-13,15-16,20,24H,4,7,14H2,1-3H3,(H,25,26). The third-order valence-electron chi connectivity index (χ3n) is 5.16. The molecular weight excluding hydrogens is 336 g/mol. The number of amides is 1. The molecule has 0 aliphatic rings. The predicted octanol–water partition coefficient (Wildman–Crippen LogP) is 4.86. The largest absolute Gasteiger partial charge is 0.497 e. The molecule has 1 aromatic heterocycles. The van der Waals surface area contributed by atoms with Crippen LogP contribution in [-0.4, -0.2) is 24.5 Å². The molecule has 4 heteroatoms. The maximum absolute atomic E-state index is 12.5. The Balaban J connectivity index is 1.90. The molecule has 0 radical (unpaired) electrons. The second-order valence-corrected chi connectivity index (χ2v) is 7.05.